The fourth-order valence-electron chi connectivity index (χ4n) is 2.11. The highest BCUT2D eigenvalue weighted by Crippen LogP contribution is 2.30. The van der Waals surface area contributed by atoms with Crippen molar-refractivity contribution in [2.45, 2.75) is 15.9 Å². The summed E-state index contributed by atoms with van der Waals surface area (Å²) in [6, 6.07) is 3.65. The highest BCUT2D eigenvalue weighted by atomic mass is 32.2. The van der Waals surface area contributed by atoms with Crippen LogP contribution in [-0.2, 0) is 19.5 Å². The first-order valence-corrected chi connectivity index (χ1v) is 10.7. The van der Waals surface area contributed by atoms with Crippen molar-refractivity contribution in [2.24, 2.45) is 5.73 Å². The third-order valence-electron chi connectivity index (χ3n) is 3.41. The minimum Gasteiger partial charge on any atom is -0.394 e. The Morgan fingerprint density at radius 3 is 2.45 bits per heavy atom. The van der Waals surface area contributed by atoms with Gasteiger partial charge in [-0.3, -0.25) is 4.55 Å². The molecular formula is C14H21N7O8S2. The highest BCUT2D eigenvalue weighted by Gasteiger charge is 2.18. The fourth-order valence-corrected chi connectivity index (χ4v) is 3.13. The van der Waals surface area contributed by atoms with Gasteiger partial charge in [-0.1, -0.05) is 5.04 Å². The van der Waals surface area contributed by atoms with Crippen molar-refractivity contribution in [1.82, 2.24) is 15.0 Å². The quantitative estimate of drug-likeness (QED) is 0.0776. The Balaban J connectivity index is 2.39. The second kappa shape index (κ2) is 11.9. The molecule has 1 aromatic carbocycles. The van der Waals surface area contributed by atoms with E-state index in [9.17, 15) is 18.1 Å². The van der Waals surface area contributed by atoms with E-state index in [0.717, 1.165) is 6.07 Å². The maximum atomic E-state index is 11.7. The first-order chi connectivity index (χ1) is 14.8. The molecule has 0 aliphatic rings. The van der Waals surface area contributed by atoms with E-state index in [2.05, 4.69) is 40.3 Å². The first kappa shape index (κ1) is 24.9. The summed E-state index contributed by atoms with van der Waals surface area (Å²) in [5, 5.41) is 38.4. The highest BCUT2D eigenvalue weighted by molar-refractivity contribution is 7.94. The van der Waals surface area contributed by atoms with Crippen LogP contribution in [-0.4, -0.2) is 75.7 Å². The van der Waals surface area contributed by atoms with Gasteiger partial charge in [0, 0.05) is 24.5 Å². The molecule has 17 heteroatoms. The summed E-state index contributed by atoms with van der Waals surface area (Å²) in [6.45, 7) is 0.0447. The molecule has 2 rings (SSSR count). The van der Waals surface area contributed by atoms with E-state index in [1.54, 1.807) is 0 Å². The average molecular weight is 479 g/mol. The summed E-state index contributed by atoms with van der Waals surface area (Å²) in [7, 11) is -4.62. The van der Waals surface area contributed by atoms with Gasteiger partial charge in [-0.25, -0.2) is 5.26 Å². The van der Waals surface area contributed by atoms with Crippen LogP contribution in [0.3, 0.4) is 0 Å². The lowest BCUT2D eigenvalue weighted by molar-refractivity contribution is -0.432. The van der Waals surface area contributed by atoms with Crippen LogP contribution in [0.4, 0.5) is 23.5 Å². The monoisotopic (exact) mass is 479 g/mol. The van der Waals surface area contributed by atoms with E-state index in [4.69, 9.17) is 16.1 Å². The van der Waals surface area contributed by atoms with Gasteiger partial charge < -0.3 is 31.9 Å². The summed E-state index contributed by atoms with van der Waals surface area (Å²) >= 11 is 0.564. The molecule has 1 aromatic heterocycles. The minimum atomic E-state index is -4.62. The Morgan fingerprint density at radius 2 is 1.84 bits per heavy atom. The van der Waals surface area contributed by atoms with Gasteiger partial charge in [-0.2, -0.15) is 23.4 Å². The van der Waals surface area contributed by atoms with E-state index < -0.39 is 27.7 Å². The molecule has 1 atom stereocenters. The maximum Gasteiger partial charge on any atom is 0.296 e. The zero-order valence-electron chi connectivity index (χ0n) is 15.8. The van der Waals surface area contributed by atoms with E-state index in [-0.39, 0.29) is 36.6 Å². The average Bonchev–Trinajstić information content (AvgIpc) is 2.73. The number of hydrogen-bond donors (Lipinski definition) is 8. The van der Waals surface area contributed by atoms with Gasteiger partial charge in [-0.15, -0.1) is 4.33 Å². The molecule has 31 heavy (non-hydrogen) atoms. The van der Waals surface area contributed by atoms with Gasteiger partial charge in [0.05, 0.1) is 30.4 Å². The Hall–Kier alpha value is -2.35. The third-order valence-corrected chi connectivity index (χ3v) is 4.89. The predicted octanol–water partition coefficient (Wildman–Crippen LogP) is -0.574. The van der Waals surface area contributed by atoms with Gasteiger partial charge in [-0.05, 0) is 18.2 Å². The molecule has 0 aliphatic heterocycles. The number of aromatic nitrogens is 3. The van der Waals surface area contributed by atoms with E-state index in [1.165, 1.54) is 12.1 Å². The number of nitrogens with zero attached hydrogens (tertiary/aromatic N) is 3. The SMILES string of the molecule is NCCNc1nc(NCC(O)CO)nc(Nc2cc(SOOO)ccc2S(=O)(=O)O)n1. The van der Waals surface area contributed by atoms with Crippen molar-refractivity contribution in [3.05, 3.63) is 18.2 Å². The standard InChI is InChI=1S/C14H21N7O8S2/c15-3-4-16-12-19-13(17-6-8(23)7-22)21-14(20-12)18-10-5-9(30-29-28-24)1-2-11(10)31(25,26)27/h1-2,5,8,22-24H,3-4,6-7,15H2,(H,25,26,27)(H3,16,17,18,19,20,21). The number of aliphatic hydroxyl groups is 2. The topological polar surface area (TPSA) is 234 Å². The van der Waals surface area contributed by atoms with Crippen LogP contribution in [0, 0.1) is 0 Å². The van der Waals surface area contributed by atoms with Crippen molar-refractivity contribution < 1.29 is 37.8 Å². The molecule has 2 aromatic rings. The number of rotatable bonds is 13. The molecule has 0 bridgehead atoms. The normalized spacial score (nSPS) is 12.4. The van der Waals surface area contributed by atoms with Crippen LogP contribution in [0.1, 0.15) is 0 Å². The minimum absolute atomic E-state index is 0.000436. The third kappa shape index (κ3) is 8.01. The molecular weight excluding hydrogens is 458 g/mol. The van der Waals surface area contributed by atoms with Crippen molar-refractivity contribution in [1.29, 1.82) is 0 Å². The second-order valence-corrected chi connectivity index (χ2v) is 7.89. The number of anilines is 4. The number of hydrogen-bond acceptors (Lipinski definition) is 15. The molecule has 1 unspecified atom stereocenters. The van der Waals surface area contributed by atoms with Gasteiger partial charge in [0.1, 0.15) is 4.90 Å². The molecule has 0 saturated heterocycles. The molecule has 0 aliphatic carbocycles. The van der Waals surface area contributed by atoms with Gasteiger partial charge in [0.15, 0.2) is 0 Å². The molecule has 172 valence electrons. The number of benzene rings is 1. The molecule has 0 fully saturated rings. The number of aliphatic hydroxyl groups excluding tert-OH is 2. The molecule has 15 nitrogen and oxygen atoms in total. The van der Waals surface area contributed by atoms with Crippen LogP contribution in [0.25, 0.3) is 0 Å². The maximum absolute atomic E-state index is 11.7. The largest absolute Gasteiger partial charge is 0.394 e. The van der Waals surface area contributed by atoms with Crippen LogP contribution < -0.4 is 21.7 Å². The van der Waals surface area contributed by atoms with E-state index >= 15 is 0 Å². The molecule has 0 amide bonds. The summed E-state index contributed by atoms with van der Waals surface area (Å²) < 4.78 is 37.3. The van der Waals surface area contributed by atoms with Crippen molar-refractivity contribution in [3.63, 3.8) is 0 Å². The summed E-state index contributed by atoms with van der Waals surface area (Å²) in [4.78, 5) is 12.1. The summed E-state index contributed by atoms with van der Waals surface area (Å²) in [5.41, 5.74) is 5.34. The van der Waals surface area contributed by atoms with Crippen molar-refractivity contribution >= 4 is 45.7 Å². The summed E-state index contributed by atoms with van der Waals surface area (Å²) in [5.74, 6) is -0.0396. The lowest BCUT2D eigenvalue weighted by Gasteiger charge is -2.14. The van der Waals surface area contributed by atoms with Crippen LogP contribution in [0.5, 0.6) is 0 Å². The predicted molar refractivity (Wildman–Crippen MR) is 109 cm³/mol. The fraction of sp³-hybridized carbons (Fsp3) is 0.357. The lowest BCUT2D eigenvalue weighted by atomic mass is 10.3. The molecule has 0 spiro atoms. The Morgan fingerprint density at radius 1 is 1.16 bits per heavy atom. The Labute approximate surface area is 180 Å². The van der Waals surface area contributed by atoms with E-state index in [0.29, 0.717) is 23.5 Å². The van der Waals surface area contributed by atoms with Crippen LogP contribution in [0.15, 0.2) is 28.0 Å². The van der Waals surface area contributed by atoms with Gasteiger partial charge in [0.2, 0.25) is 17.8 Å². The van der Waals surface area contributed by atoms with Crippen LogP contribution in [0.2, 0.25) is 0 Å². The number of nitrogens with one attached hydrogen (secondary N) is 3. The van der Waals surface area contributed by atoms with Crippen molar-refractivity contribution in [2.75, 3.05) is 42.2 Å². The van der Waals surface area contributed by atoms with E-state index in [1.807, 2.05) is 0 Å². The molecule has 0 saturated carbocycles. The molecule has 0 radical (unpaired) electrons. The Bertz CT molecular complexity index is 966. The zero-order chi connectivity index (χ0) is 22.9. The van der Waals surface area contributed by atoms with Gasteiger partial charge in [0.25, 0.3) is 10.1 Å². The second-order valence-electron chi connectivity index (χ2n) is 5.72. The van der Waals surface area contributed by atoms with Gasteiger partial charge >= 0.3 is 0 Å². The smallest absolute Gasteiger partial charge is 0.296 e. The van der Waals surface area contributed by atoms with Crippen molar-refractivity contribution in [3.8, 4) is 0 Å². The first-order valence-electron chi connectivity index (χ1n) is 8.53. The molecule has 1 heterocycles. The Kier molecular flexibility index (Phi) is 9.55. The summed E-state index contributed by atoms with van der Waals surface area (Å²) in [6.07, 6.45) is -1.07. The zero-order valence-corrected chi connectivity index (χ0v) is 17.4. The van der Waals surface area contributed by atoms with Crippen LogP contribution >= 0.6 is 12.0 Å². The molecule has 9 N–H and O–H groups in total. The number of nitrogens with two attached hydrogens (primary N) is 1. The lowest BCUT2D eigenvalue weighted by Crippen LogP contribution is -2.24.